The fraction of sp³-hybridized carbons (Fsp3) is 0.364. The van der Waals surface area contributed by atoms with Crippen molar-refractivity contribution in [3.05, 3.63) is 29.3 Å². The van der Waals surface area contributed by atoms with Crippen LogP contribution in [0.4, 0.5) is 0 Å². The molecular formula is C11H14O3S. The van der Waals surface area contributed by atoms with Crippen molar-refractivity contribution < 1.29 is 13.2 Å². The molecule has 0 atom stereocenters. The molecule has 0 saturated heterocycles. The summed E-state index contributed by atoms with van der Waals surface area (Å²) in [7, 11) is -3.37. The van der Waals surface area contributed by atoms with Crippen molar-refractivity contribution in [2.45, 2.75) is 30.9 Å². The fourth-order valence-corrected chi connectivity index (χ4v) is 2.54. The zero-order valence-electron chi connectivity index (χ0n) is 9.02. The lowest BCUT2D eigenvalue weighted by Gasteiger charge is -2.10. The molecule has 1 aromatic carbocycles. The lowest BCUT2D eigenvalue weighted by Crippen LogP contribution is -2.16. The Labute approximate surface area is 90.0 Å². The Hall–Kier alpha value is -1.16. The molecule has 0 radical (unpaired) electrons. The summed E-state index contributed by atoms with van der Waals surface area (Å²) in [6.07, 6.45) is 0.578. The van der Waals surface area contributed by atoms with Gasteiger partial charge in [-0.25, -0.2) is 8.42 Å². The Kier molecular flexibility index (Phi) is 3.29. The van der Waals surface area contributed by atoms with Crippen LogP contribution >= 0.6 is 0 Å². The summed E-state index contributed by atoms with van der Waals surface area (Å²) in [6.45, 7) is 5.01. The highest BCUT2D eigenvalue weighted by molar-refractivity contribution is 7.92. The third-order valence-corrected chi connectivity index (χ3v) is 4.43. The van der Waals surface area contributed by atoms with Gasteiger partial charge < -0.3 is 0 Å². The molecule has 0 N–H and O–H groups in total. The zero-order chi connectivity index (χ0) is 11.6. The zero-order valence-corrected chi connectivity index (χ0v) is 9.84. The van der Waals surface area contributed by atoms with Crippen molar-refractivity contribution in [2.75, 3.05) is 0 Å². The monoisotopic (exact) mass is 226 g/mol. The average molecular weight is 226 g/mol. The molecule has 82 valence electrons. The number of aldehydes is 1. The van der Waals surface area contributed by atoms with Crippen LogP contribution in [0.15, 0.2) is 23.1 Å². The number of benzene rings is 1. The molecule has 1 rings (SSSR count). The minimum absolute atomic E-state index is 0.132. The van der Waals surface area contributed by atoms with Gasteiger partial charge in [-0.1, -0.05) is 12.1 Å². The Morgan fingerprint density at radius 3 is 2.33 bits per heavy atom. The molecule has 1 aromatic rings. The second-order valence-electron chi connectivity index (χ2n) is 3.75. The summed E-state index contributed by atoms with van der Waals surface area (Å²) in [6, 6.07) is 4.81. The molecule has 3 nitrogen and oxygen atoms in total. The molecule has 0 aliphatic carbocycles. The van der Waals surface area contributed by atoms with Crippen LogP contribution in [0, 0.1) is 6.92 Å². The summed E-state index contributed by atoms with van der Waals surface area (Å²) in [5.74, 6) is 0. The summed E-state index contributed by atoms with van der Waals surface area (Å²) in [5, 5.41) is -0.516. The quantitative estimate of drug-likeness (QED) is 0.741. The SMILES string of the molecule is Cc1ccc(C=O)c(S(=O)(=O)C(C)C)c1. The highest BCUT2D eigenvalue weighted by atomic mass is 32.2. The van der Waals surface area contributed by atoms with Gasteiger partial charge in [-0.2, -0.15) is 0 Å². The van der Waals surface area contributed by atoms with Crippen molar-refractivity contribution in [3.8, 4) is 0 Å². The van der Waals surface area contributed by atoms with Crippen LogP contribution < -0.4 is 0 Å². The van der Waals surface area contributed by atoms with Gasteiger partial charge in [-0.05, 0) is 32.4 Å². The third kappa shape index (κ3) is 2.26. The Morgan fingerprint density at radius 1 is 1.27 bits per heavy atom. The molecule has 0 saturated carbocycles. The largest absolute Gasteiger partial charge is 0.298 e. The number of sulfone groups is 1. The smallest absolute Gasteiger partial charge is 0.181 e. The van der Waals surface area contributed by atoms with E-state index in [1.54, 1.807) is 32.9 Å². The number of hydrogen-bond acceptors (Lipinski definition) is 3. The van der Waals surface area contributed by atoms with Crippen molar-refractivity contribution in [2.24, 2.45) is 0 Å². The van der Waals surface area contributed by atoms with Crippen molar-refractivity contribution in [1.82, 2.24) is 0 Å². The van der Waals surface area contributed by atoms with E-state index < -0.39 is 15.1 Å². The van der Waals surface area contributed by atoms with Gasteiger partial charge in [-0.3, -0.25) is 4.79 Å². The van der Waals surface area contributed by atoms with Crippen molar-refractivity contribution >= 4 is 16.1 Å². The van der Waals surface area contributed by atoms with Gasteiger partial charge in [0, 0.05) is 5.56 Å². The van der Waals surface area contributed by atoms with E-state index in [1.807, 2.05) is 0 Å². The van der Waals surface area contributed by atoms with E-state index in [2.05, 4.69) is 0 Å². The molecule has 0 heterocycles. The van der Waals surface area contributed by atoms with E-state index in [1.165, 1.54) is 6.07 Å². The molecule has 0 bridgehead atoms. The van der Waals surface area contributed by atoms with Crippen molar-refractivity contribution in [1.29, 1.82) is 0 Å². The summed E-state index contributed by atoms with van der Waals surface area (Å²) >= 11 is 0. The molecule has 0 unspecified atom stereocenters. The van der Waals surface area contributed by atoms with Crippen LogP contribution in [0.5, 0.6) is 0 Å². The molecule has 0 fully saturated rings. The van der Waals surface area contributed by atoms with E-state index in [0.29, 0.717) is 6.29 Å². The lowest BCUT2D eigenvalue weighted by atomic mass is 10.2. The van der Waals surface area contributed by atoms with Gasteiger partial charge in [0.15, 0.2) is 16.1 Å². The Balaban J connectivity index is 3.48. The number of hydrogen-bond donors (Lipinski definition) is 0. The number of carbonyl (C=O) groups excluding carboxylic acids is 1. The van der Waals surface area contributed by atoms with Gasteiger partial charge >= 0.3 is 0 Å². The maximum atomic E-state index is 11.9. The average Bonchev–Trinajstić information content (AvgIpc) is 2.17. The topological polar surface area (TPSA) is 51.2 Å². The molecule has 0 aliphatic rings. The van der Waals surface area contributed by atoms with E-state index >= 15 is 0 Å². The van der Waals surface area contributed by atoms with Crippen LogP contribution in [0.2, 0.25) is 0 Å². The van der Waals surface area contributed by atoms with E-state index in [0.717, 1.165) is 5.56 Å². The molecule has 0 aromatic heterocycles. The normalized spacial score (nSPS) is 11.7. The first kappa shape index (κ1) is 11.9. The van der Waals surface area contributed by atoms with E-state index in [-0.39, 0.29) is 10.5 Å². The van der Waals surface area contributed by atoms with Crippen LogP contribution in [0.25, 0.3) is 0 Å². The predicted molar refractivity (Wildman–Crippen MR) is 58.9 cm³/mol. The van der Waals surface area contributed by atoms with Gasteiger partial charge in [0.2, 0.25) is 0 Å². The van der Waals surface area contributed by atoms with E-state index in [4.69, 9.17) is 0 Å². The molecular weight excluding hydrogens is 212 g/mol. The minimum atomic E-state index is -3.37. The number of rotatable bonds is 3. The van der Waals surface area contributed by atoms with Crippen LogP contribution in [0.1, 0.15) is 29.8 Å². The first-order valence-corrected chi connectivity index (χ1v) is 6.24. The van der Waals surface area contributed by atoms with Crippen molar-refractivity contribution in [3.63, 3.8) is 0 Å². The second kappa shape index (κ2) is 4.14. The third-order valence-electron chi connectivity index (χ3n) is 2.22. The van der Waals surface area contributed by atoms with Crippen LogP contribution in [0.3, 0.4) is 0 Å². The molecule has 15 heavy (non-hydrogen) atoms. The number of aryl methyl sites for hydroxylation is 1. The highest BCUT2D eigenvalue weighted by Crippen LogP contribution is 2.20. The van der Waals surface area contributed by atoms with Gasteiger partial charge in [-0.15, -0.1) is 0 Å². The van der Waals surface area contributed by atoms with E-state index in [9.17, 15) is 13.2 Å². The summed E-state index contributed by atoms with van der Waals surface area (Å²) in [5.41, 5.74) is 1.06. The molecule has 0 aliphatic heterocycles. The Morgan fingerprint density at radius 2 is 1.87 bits per heavy atom. The number of carbonyl (C=O) groups is 1. The van der Waals surface area contributed by atoms with Crippen LogP contribution in [-0.4, -0.2) is 20.0 Å². The summed E-state index contributed by atoms with van der Waals surface area (Å²) in [4.78, 5) is 10.9. The maximum absolute atomic E-state index is 11.9. The van der Waals surface area contributed by atoms with Crippen LogP contribution in [-0.2, 0) is 9.84 Å². The van der Waals surface area contributed by atoms with Gasteiger partial charge in [0.25, 0.3) is 0 Å². The first-order chi connectivity index (χ1) is 6.89. The molecule has 0 amide bonds. The predicted octanol–water partition coefficient (Wildman–Crippen LogP) is 1.99. The second-order valence-corrected chi connectivity index (χ2v) is 6.23. The van der Waals surface area contributed by atoms with Gasteiger partial charge in [0.1, 0.15) is 0 Å². The summed E-state index contributed by atoms with van der Waals surface area (Å²) < 4.78 is 23.8. The minimum Gasteiger partial charge on any atom is -0.298 e. The molecule has 0 spiro atoms. The van der Waals surface area contributed by atoms with Gasteiger partial charge in [0.05, 0.1) is 10.1 Å². The standard InChI is InChI=1S/C11H14O3S/c1-8(2)15(13,14)11-6-9(3)4-5-10(11)7-12/h4-8H,1-3H3. The molecule has 4 heteroatoms. The lowest BCUT2D eigenvalue weighted by molar-refractivity contribution is 0.112. The maximum Gasteiger partial charge on any atom is 0.181 e. The fourth-order valence-electron chi connectivity index (χ4n) is 1.24. The first-order valence-electron chi connectivity index (χ1n) is 4.69. The highest BCUT2D eigenvalue weighted by Gasteiger charge is 2.22. The Bertz CT molecular complexity index is 473.